The smallest absolute Gasteiger partial charge is 0.311 e. The van der Waals surface area contributed by atoms with Gasteiger partial charge in [-0.15, -0.1) is 0 Å². The van der Waals surface area contributed by atoms with E-state index in [1.165, 1.54) is 0 Å². The maximum absolute atomic E-state index is 13.8. The number of benzene rings is 12. The monoisotopic (exact) mass is 1630 g/mol. The van der Waals surface area contributed by atoms with Gasteiger partial charge in [0, 0.05) is 79.1 Å². The summed E-state index contributed by atoms with van der Waals surface area (Å²) < 4.78 is 34.8. The van der Waals surface area contributed by atoms with Crippen molar-refractivity contribution in [2.75, 3.05) is 16.4 Å². The van der Waals surface area contributed by atoms with Crippen LogP contribution in [-0.2, 0) is 112 Å². The van der Waals surface area contributed by atoms with Gasteiger partial charge in [0.1, 0.15) is 31.3 Å². The van der Waals surface area contributed by atoms with Crippen molar-refractivity contribution in [3.05, 3.63) is 407 Å². The molecule has 620 valence electrons. The Labute approximate surface area is 722 Å². The average molecular weight is 1630 g/mol. The van der Waals surface area contributed by atoms with Crippen LogP contribution in [0.5, 0.6) is 11.5 Å². The van der Waals surface area contributed by atoms with Gasteiger partial charge in [0.25, 0.3) is 0 Å². The number of esters is 6. The topological polar surface area (TPSA) is 164 Å². The Kier molecular flexibility index (Phi) is 31.4. The minimum atomic E-state index is -0.418. The molecule has 0 aliphatic heterocycles. The van der Waals surface area contributed by atoms with Gasteiger partial charge in [0.05, 0.1) is 6.61 Å². The molecule has 0 radical (unpaired) electrons. The number of nitrogens with zero attached hydrogens (tertiary/aromatic N) is 2. The first-order valence-corrected chi connectivity index (χ1v) is 41.5. The van der Waals surface area contributed by atoms with Gasteiger partial charge < -0.3 is 38.2 Å². The summed E-state index contributed by atoms with van der Waals surface area (Å²) >= 11 is 0. The van der Waals surface area contributed by atoms with Gasteiger partial charge in [-0.3, -0.25) is 28.8 Å². The lowest BCUT2D eigenvalue weighted by Gasteiger charge is -2.29. The molecule has 0 aliphatic rings. The third-order valence-corrected chi connectivity index (χ3v) is 21.5. The molecule has 0 unspecified atom stereocenters. The molecule has 0 atom stereocenters. The molecule has 0 bridgehead atoms. The molecule has 12 aromatic carbocycles. The quantitative estimate of drug-likeness (QED) is 0.0202. The second kappa shape index (κ2) is 44.0. The van der Waals surface area contributed by atoms with Crippen LogP contribution in [0, 0.1) is 13.8 Å². The van der Waals surface area contributed by atoms with E-state index in [1.807, 2.05) is 182 Å². The zero-order valence-electron chi connectivity index (χ0n) is 69.9. The highest BCUT2D eigenvalue weighted by Crippen LogP contribution is 2.43. The molecule has 0 N–H and O–H groups in total. The normalized spacial score (nSPS) is 10.8. The Morgan fingerprint density at radius 2 is 0.528 bits per heavy atom. The van der Waals surface area contributed by atoms with E-state index in [0.717, 1.165) is 145 Å². The Balaban J connectivity index is 0.861. The minimum absolute atomic E-state index is 0.0418. The molecular weight excluding hydrogens is 1530 g/mol. The van der Waals surface area contributed by atoms with Crippen LogP contribution in [0.2, 0.25) is 0 Å². The molecule has 0 saturated heterocycles. The summed E-state index contributed by atoms with van der Waals surface area (Å²) in [5, 5.41) is 0. The fraction of sp³-hybridized carbons (Fsp3) is 0.174. The molecule has 123 heavy (non-hydrogen) atoms. The van der Waals surface area contributed by atoms with Crippen LogP contribution in [-0.4, -0.2) is 42.4 Å². The van der Waals surface area contributed by atoms with Gasteiger partial charge >= 0.3 is 35.8 Å². The lowest BCUT2D eigenvalue weighted by Crippen LogP contribution is -2.14. The average Bonchev–Trinajstić information content (AvgIpc) is 0.775. The minimum Gasteiger partial charge on any atom is -0.465 e. The van der Waals surface area contributed by atoms with Crippen molar-refractivity contribution >= 4 is 106 Å². The van der Waals surface area contributed by atoms with Gasteiger partial charge in [0.15, 0.2) is 0 Å². The van der Waals surface area contributed by atoms with Gasteiger partial charge in [-0.05, 0) is 261 Å². The lowest BCUT2D eigenvalue weighted by atomic mass is 9.96. The molecule has 0 aromatic heterocycles. The van der Waals surface area contributed by atoms with Crippen molar-refractivity contribution < 1.29 is 57.2 Å². The largest absolute Gasteiger partial charge is 0.465 e. The summed E-state index contributed by atoms with van der Waals surface area (Å²) in [6.45, 7) is 27.9. The summed E-state index contributed by atoms with van der Waals surface area (Å²) in [7, 11) is 0. The number of carbonyl (C=O) groups is 6. The van der Waals surface area contributed by atoms with Crippen molar-refractivity contribution in [3.8, 4) is 22.6 Å². The van der Waals surface area contributed by atoms with Gasteiger partial charge in [-0.1, -0.05) is 246 Å². The predicted octanol–water partition coefficient (Wildman–Crippen LogP) is 24.6. The fourth-order valence-electron chi connectivity index (χ4n) is 14.4. The highest BCUT2D eigenvalue weighted by Gasteiger charge is 2.24. The molecule has 12 rings (SSSR count). The summed E-state index contributed by atoms with van der Waals surface area (Å²) in [5.74, 6) is -1.31. The highest BCUT2D eigenvalue weighted by atomic mass is 16.6. The van der Waals surface area contributed by atoms with Gasteiger partial charge in [-0.2, -0.15) is 0 Å². The lowest BCUT2D eigenvalue weighted by molar-refractivity contribution is -0.145. The van der Waals surface area contributed by atoms with E-state index >= 15 is 0 Å². The Bertz CT molecular complexity index is 5730. The van der Waals surface area contributed by atoms with Crippen LogP contribution >= 0.6 is 0 Å². The van der Waals surface area contributed by atoms with E-state index in [1.54, 1.807) is 60.7 Å². The third kappa shape index (κ3) is 25.5. The first-order chi connectivity index (χ1) is 59.9. The number of carbonyl (C=O) groups excluding carboxylic acids is 6. The van der Waals surface area contributed by atoms with E-state index in [9.17, 15) is 28.8 Å². The van der Waals surface area contributed by atoms with Crippen LogP contribution in [0.4, 0.5) is 34.1 Å². The molecule has 0 spiro atoms. The standard InChI is InChI=1S/C109H102N2O12/c1-9-78-15-23-86(24-16-78)67-68-118-104(112)61-39-84-31-49-96(50-32-84)110(98-54-42-91(46-65-108(116)122-100-55-35-82(13-5)36-56-100)94(71-98)47-64-107(115)121-75-89-29-21-81(12-4)22-30-89)102-59-43-92(69-76(102)7)93-44-60-103(77(8)70-93)111(97-51-33-85(34-52-97)40-62-105(113)119-73-87-25-17-79(10-2)18-26-87)99-53-41-90(45-63-106(114)120-74-88-27-19-80(11-3)20-28-88)95(72-99)48-66-109(117)123-101-57-37-83(14-6)38-58-101/h9-38,41-44,49-60,69-72H,1-6,39-40,45-48,61-68,73-75H2,7-8H3. The van der Waals surface area contributed by atoms with Crippen LogP contribution in [0.1, 0.15) is 139 Å². The zero-order valence-corrected chi connectivity index (χ0v) is 69.9. The number of aryl methyl sites for hydroxylation is 8. The predicted molar refractivity (Wildman–Crippen MR) is 495 cm³/mol. The number of anilines is 6. The molecule has 0 amide bonds. The van der Waals surface area contributed by atoms with Crippen molar-refractivity contribution in [1.82, 2.24) is 0 Å². The van der Waals surface area contributed by atoms with Crippen LogP contribution < -0.4 is 19.3 Å². The van der Waals surface area contributed by atoms with Crippen LogP contribution in [0.3, 0.4) is 0 Å². The van der Waals surface area contributed by atoms with Crippen LogP contribution in [0.25, 0.3) is 47.6 Å². The molecule has 0 heterocycles. The number of ether oxygens (including phenoxy) is 6. The molecule has 12 aromatic rings. The Morgan fingerprint density at radius 3 is 0.854 bits per heavy atom. The summed E-state index contributed by atoms with van der Waals surface area (Å²) in [6, 6.07) is 86.8. The maximum Gasteiger partial charge on any atom is 0.311 e. The van der Waals surface area contributed by atoms with Crippen molar-refractivity contribution in [3.63, 3.8) is 0 Å². The SMILES string of the molecule is C=Cc1ccc(CCOC(=O)CCc2ccc(N(c3ccc(CCC(=O)Oc4ccc(C=C)cc4)c(CCC(=O)OCc4ccc(C=C)cc4)c3)c3ccc(-c4ccc(N(c5ccc(CCC(=O)OCc6ccc(C=C)cc6)cc5)c5ccc(CCC(=O)OCc6ccc(C=C)cc6)c(CCC(=O)Oc6ccc(C=C)cc6)c5)c(C)c4)cc3C)cc2)cc1. The second-order valence-corrected chi connectivity index (χ2v) is 30.1. The van der Waals surface area contributed by atoms with Gasteiger partial charge in [-0.25, -0.2) is 0 Å². The van der Waals surface area contributed by atoms with E-state index in [4.69, 9.17) is 28.4 Å². The molecule has 0 aliphatic carbocycles. The zero-order chi connectivity index (χ0) is 86.4. The number of hydrogen-bond acceptors (Lipinski definition) is 14. The molecule has 14 nitrogen and oxygen atoms in total. The molecule has 0 fully saturated rings. The van der Waals surface area contributed by atoms with E-state index in [0.29, 0.717) is 56.4 Å². The van der Waals surface area contributed by atoms with Gasteiger partial charge in [0.2, 0.25) is 0 Å². The van der Waals surface area contributed by atoms with Crippen LogP contribution in [0.15, 0.2) is 306 Å². The summed E-state index contributed by atoms with van der Waals surface area (Å²) in [4.78, 5) is 85.6. The molecular formula is C109H102N2O12. The van der Waals surface area contributed by atoms with E-state index in [2.05, 4.69) is 124 Å². The molecule has 14 heteroatoms. The van der Waals surface area contributed by atoms with Crippen molar-refractivity contribution in [1.29, 1.82) is 0 Å². The Morgan fingerprint density at radius 1 is 0.260 bits per heavy atom. The number of rotatable bonds is 42. The third-order valence-electron chi connectivity index (χ3n) is 21.5. The van der Waals surface area contributed by atoms with E-state index in [-0.39, 0.29) is 88.8 Å². The summed E-state index contributed by atoms with van der Waals surface area (Å²) in [5.41, 5.74) is 23.5. The number of hydrogen-bond donors (Lipinski definition) is 0. The van der Waals surface area contributed by atoms with Crippen molar-refractivity contribution in [2.24, 2.45) is 0 Å². The Hall–Kier alpha value is -14.5. The second-order valence-electron chi connectivity index (χ2n) is 30.1. The van der Waals surface area contributed by atoms with E-state index < -0.39 is 11.9 Å². The first kappa shape index (κ1) is 87.8. The maximum atomic E-state index is 13.8. The summed E-state index contributed by atoms with van der Waals surface area (Å²) in [6.07, 6.45) is 14.0. The van der Waals surface area contributed by atoms with Crippen molar-refractivity contribution in [2.45, 2.75) is 117 Å². The first-order valence-electron chi connectivity index (χ1n) is 41.5. The highest BCUT2D eigenvalue weighted by molar-refractivity contribution is 5.85. The molecule has 0 saturated carbocycles. The fourth-order valence-corrected chi connectivity index (χ4v) is 14.4.